The molecule has 2 rings (SSSR count). The maximum absolute atomic E-state index is 11.7. The van der Waals surface area contributed by atoms with Gasteiger partial charge in [-0.2, -0.15) is 0 Å². The lowest BCUT2D eigenvalue weighted by Crippen LogP contribution is -2.49. The zero-order chi connectivity index (χ0) is 14.9. The van der Waals surface area contributed by atoms with Crippen LogP contribution in [-0.2, 0) is 4.74 Å². The summed E-state index contributed by atoms with van der Waals surface area (Å²) in [6.45, 7) is 5.38. The number of carbonyl (C=O) groups excluding carboxylic acids is 1. The molecule has 2 unspecified atom stereocenters. The van der Waals surface area contributed by atoms with Crippen molar-refractivity contribution in [1.29, 1.82) is 0 Å². The molecule has 0 radical (unpaired) electrons. The summed E-state index contributed by atoms with van der Waals surface area (Å²) >= 11 is 0. The highest BCUT2D eigenvalue weighted by Gasteiger charge is 2.35. The first-order chi connectivity index (χ1) is 9.26. The van der Waals surface area contributed by atoms with Crippen molar-refractivity contribution >= 4 is 12.1 Å². The molecule has 0 spiro atoms. The van der Waals surface area contributed by atoms with Crippen molar-refractivity contribution < 1.29 is 19.4 Å². The fourth-order valence-electron chi connectivity index (χ4n) is 1.96. The van der Waals surface area contributed by atoms with Gasteiger partial charge in [0.2, 0.25) is 0 Å². The fourth-order valence-corrected chi connectivity index (χ4v) is 1.96. The molecule has 1 aromatic rings. The van der Waals surface area contributed by atoms with E-state index < -0.39 is 17.7 Å². The quantitative estimate of drug-likeness (QED) is 0.862. The summed E-state index contributed by atoms with van der Waals surface area (Å²) in [5, 5.41) is 18.9. The van der Waals surface area contributed by atoms with Crippen molar-refractivity contribution in [2.75, 3.05) is 0 Å². The van der Waals surface area contributed by atoms with E-state index in [1.54, 1.807) is 20.8 Å². The first-order valence-corrected chi connectivity index (χ1v) is 6.41. The van der Waals surface area contributed by atoms with Crippen LogP contribution in [0.5, 0.6) is 0 Å². The van der Waals surface area contributed by atoms with Crippen molar-refractivity contribution in [3.63, 3.8) is 0 Å². The van der Waals surface area contributed by atoms with Gasteiger partial charge >= 0.3 is 12.1 Å². The van der Waals surface area contributed by atoms with Gasteiger partial charge in [-0.25, -0.2) is 14.3 Å². The van der Waals surface area contributed by atoms with Crippen LogP contribution in [0.1, 0.15) is 50.1 Å². The van der Waals surface area contributed by atoms with Gasteiger partial charge in [-0.3, -0.25) is 0 Å². The maximum Gasteiger partial charge on any atom is 0.407 e. The molecule has 20 heavy (non-hydrogen) atoms. The highest BCUT2D eigenvalue weighted by molar-refractivity contribution is 5.84. The molecule has 1 aliphatic carbocycles. The highest BCUT2D eigenvalue weighted by atomic mass is 16.6. The van der Waals surface area contributed by atoms with Gasteiger partial charge in [-0.15, -0.1) is 5.10 Å². The molecule has 1 aromatic heterocycles. The Kier molecular flexibility index (Phi) is 3.65. The van der Waals surface area contributed by atoms with Crippen LogP contribution in [0.2, 0.25) is 0 Å². The second-order valence-corrected chi connectivity index (χ2v) is 5.79. The number of amides is 1. The molecule has 1 fully saturated rings. The monoisotopic (exact) mass is 282 g/mol. The predicted molar refractivity (Wildman–Crippen MR) is 68.4 cm³/mol. The Morgan fingerprint density at radius 2 is 2.15 bits per heavy atom. The zero-order valence-corrected chi connectivity index (χ0v) is 11.7. The van der Waals surface area contributed by atoms with E-state index in [9.17, 15) is 9.59 Å². The number of carboxylic acid groups (broad SMARTS) is 1. The number of aromatic carboxylic acids is 1. The first-order valence-electron chi connectivity index (χ1n) is 6.41. The fraction of sp³-hybridized carbons (Fsp3) is 0.667. The van der Waals surface area contributed by atoms with Gasteiger partial charge in [-0.05, 0) is 33.6 Å². The third kappa shape index (κ3) is 3.25. The van der Waals surface area contributed by atoms with Crippen molar-refractivity contribution in [2.24, 2.45) is 0 Å². The van der Waals surface area contributed by atoms with E-state index in [0.717, 1.165) is 12.8 Å². The van der Waals surface area contributed by atoms with Crippen LogP contribution in [0.15, 0.2) is 6.20 Å². The van der Waals surface area contributed by atoms with Gasteiger partial charge in [-0.1, -0.05) is 5.21 Å². The lowest BCUT2D eigenvalue weighted by molar-refractivity contribution is 0.0435. The number of carbonyl (C=O) groups is 2. The van der Waals surface area contributed by atoms with Crippen LogP contribution < -0.4 is 5.32 Å². The summed E-state index contributed by atoms with van der Waals surface area (Å²) in [5.74, 6) is -1.12. The van der Waals surface area contributed by atoms with Gasteiger partial charge in [0.1, 0.15) is 5.60 Å². The van der Waals surface area contributed by atoms with Crippen LogP contribution in [0, 0.1) is 0 Å². The summed E-state index contributed by atoms with van der Waals surface area (Å²) in [6.07, 6.45) is 2.50. The molecular weight excluding hydrogens is 264 g/mol. The van der Waals surface area contributed by atoms with E-state index in [-0.39, 0.29) is 17.8 Å². The third-order valence-corrected chi connectivity index (χ3v) is 3.01. The summed E-state index contributed by atoms with van der Waals surface area (Å²) in [7, 11) is 0. The minimum atomic E-state index is -1.12. The summed E-state index contributed by atoms with van der Waals surface area (Å²) in [6, 6.07) is -0.198. The van der Waals surface area contributed by atoms with Crippen molar-refractivity contribution in [1.82, 2.24) is 20.3 Å². The predicted octanol–water partition coefficient (Wildman–Crippen LogP) is 1.20. The topological polar surface area (TPSA) is 106 Å². The second-order valence-electron chi connectivity index (χ2n) is 5.79. The van der Waals surface area contributed by atoms with E-state index in [1.807, 2.05) is 0 Å². The Bertz CT molecular complexity index is 520. The first kappa shape index (κ1) is 14.3. The van der Waals surface area contributed by atoms with Gasteiger partial charge in [0, 0.05) is 0 Å². The molecule has 0 bridgehead atoms. The van der Waals surface area contributed by atoms with Crippen molar-refractivity contribution in [2.45, 2.75) is 51.3 Å². The van der Waals surface area contributed by atoms with E-state index in [1.165, 1.54) is 10.9 Å². The number of carboxylic acids is 1. The van der Waals surface area contributed by atoms with E-state index in [0.29, 0.717) is 0 Å². The second kappa shape index (κ2) is 5.10. The molecule has 1 aliphatic rings. The molecule has 1 saturated carbocycles. The molecule has 8 heteroatoms. The SMILES string of the molecule is CC(C)(C)OC(=O)NC1CCC1n1cc(C(=O)O)nn1. The van der Waals surface area contributed by atoms with Gasteiger partial charge in [0.15, 0.2) is 5.69 Å². The minimum absolute atomic E-state index is 0.0804. The zero-order valence-electron chi connectivity index (χ0n) is 11.7. The number of alkyl carbamates (subject to hydrolysis) is 1. The normalized spacial score (nSPS) is 21.9. The van der Waals surface area contributed by atoms with Crippen molar-refractivity contribution in [3.05, 3.63) is 11.9 Å². The number of nitrogens with zero attached hydrogens (tertiary/aromatic N) is 3. The molecular formula is C12H18N4O4. The smallest absolute Gasteiger partial charge is 0.407 e. The molecule has 1 heterocycles. The summed E-state index contributed by atoms with van der Waals surface area (Å²) in [4.78, 5) is 22.4. The largest absolute Gasteiger partial charge is 0.476 e. The number of nitrogens with one attached hydrogen (secondary N) is 1. The van der Waals surface area contributed by atoms with Crippen LogP contribution in [0.25, 0.3) is 0 Å². The van der Waals surface area contributed by atoms with E-state index in [2.05, 4.69) is 15.6 Å². The van der Waals surface area contributed by atoms with Crippen LogP contribution in [0.3, 0.4) is 0 Å². The molecule has 0 saturated heterocycles. The number of aromatic nitrogens is 3. The number of hydrogen-bond donors (Lipinski definition) is 2. The Labute approximate surface area is 116 Å². The lowest BCUT2D eigenvalue weighted by atomic mass is 9.86. The van der Waals surface area contributed by atoms with Crippen molar-refractivity contribution in [3.8, 4) is 0 Å². The molecule has 0 aliphatic heterocycles. The van der Waals surface area contributed by atoms with E-state index in [4.69, 9.17) is 9.84 Å². The van der Waals surface area contributed by atoms with E-state index >= 15 is 0 Å². The third-order valence-electron chi connectivity index (χ3n) is 3.01. The average molecular weight is 282 g/mol. The number of hydrogen-bond acceptors (Lipinski definition) is 5. The van der Waals surface area contributed by atoms with Crippen LogP contribution in [-0.4, -0.2) is 43.8 Å². The van der Waals surface area contributed by atoms with Crippen LogP contribution >= 0.6 is 0 Å². The summed E-state index contributed by atoms with van der Waals surface area (Å²) in [5.41, 5.74) is -0.652. The molecule has 1 amide bonds. The Morgan fingerprint density at radius 1 is 1.45 bits per heavy atom. The van der Waals surface area contributed by atoms with Gasteiger partial charge in [0.25, 0.3) is 0 Å². The molecule has 8 nitrogen and oxygen atoms in total. The molecule has 0 aromatic carbocycles. The number of ether oxygens (including phenoxy) is 1. The van der Waals surface area contributed by atoms with Gasteiger partial charge < -0.3 is 15.2 Å². The Balaban J connectivity index is 1.94. The highest BCUT2D eigenvalue weighted by Crippen LogP contribution is 2.31. The molecule has 110 valence electrons. The Morgan fingerprint density at radius 3 is 2.60 bits per heavy atom. The average Bonchev–Trinajstić information content (AvgIpc) is 2.71. The maximum atomic E-state index is 11.7. The summed E-state index contributed by atoms with van der Waals surface area (Å²) < 4.78 is 6.66. The molecule has 2 N–H and O–H groups in total. The standard InChI is InChI=1S/C12H18N4O4/c1-12(2,3)20-11(19)13-7-4-5-9(7)16-6-8(10(17)18)14-15-16/h6-7,9H,4-5H2,1-3H3,(H,13,19)(H,17,18). The van der Waals surface area contributed by atoms with Gasteiger partial charge in [0.05, 0.1) is 18.3 Å². The molecule has 2 atom stereocenters. The number of rotatable bonds is 3. The lowest BCUT2D eigenvalue weighted by Gasteiger charge is -2.36. The van der Waals surface area contributed by atoms with Crippen LogP contribution in [0.4, 0.5) is 4.79 Å². The minimum Gasteiger partial charge on any atom is -0.476 e. The Hall–Kier alpha value is -2.12.